The zero-order valence-corrected chi connectivity index (χ0v) is 12.5. The predicted octanol–water partition coefficient (Wildman–Crippen LogP) is 1.33. The number of carbonyl (C=O) groups is 1. The molecule has 4 nitrogen and oxygen atoms in total. The number of likely N-dealkylation sites (tertiary alicyclic amines) is 1. The topological polar surface area (TPSA) is 60.8 Å². The lowest BCUT2D eigenvalue weighted by atomic mass is 10.0. The van der Waals surface area contributed by atoms with E-state index in [4.69, 9.17) is 5.11 Å². The van der Waals surface area contributed by atoms with Crippen molar-refractivity contribution in [3.8, 4) is 11.8 Å². The number of aliphatic hydroxyl groups excluding tert-OH is 1. The van der Waals surface area contributed by atoms with Gasteiger partial charge in [0.2, 0.25) is 0 Å². The van der Waals surface area contributed by atoms with Gasteiger partial charge in [-0.25, -0.2) is 0 Å². The van der Waals surface area contributed by atoms with Crippen molar-refractivity contribution in [1.29, 1.82) is 0 Å². The van der Waals surface area contributed by atoms with Gasteiger partial charge in [0, 0.05) is 30.6 Å². The van der Waals surface area contributed by atoms with E-state index >= 15 is 0 Å². The molecule has 1 aliphatic rings. The van der Waals surface area contributed by atoms with Crippen molar-refractivity contribution in [1.82, 2.24) is 4.90 Å². The molecule has 0 aliphatic carbocycles. The van der Waals surface area contributed by atoms with Crippen LogP contribution in [-0.4, -0.2) is 46.3 Å². The van der Waals surface area contributed by atoms with Crippen LogP contribution >= 0.6 is 0 Å². The van der Waals surface area contributed by atoms with E-state index in [-0.39, 0.29) is 12.5 Å². The van der Waals surface area contributed by atoms with Crippen LogP contribution in [0.4, 0.5) is 0 Å². The van der Waals surface area contributed by atoms with E-state index in [2.05, 4.69) is 11.8 Å². The van der Waals surface area contributed by atoms with Crippen LogP contribution in [0.2, 0.25) is 0 Å². The lowest BCUT2D eigenvalue weighted by Gasteiger charge is -2.20. The highest BCUT2D eigenvalue weighted by Gasteiger charge is 2.34. The van der Waals surface area contributed by atoms with Gasteiger partial charge in [-0.05, 0) is 38.0 Å². The molecular weight excluding hydrogens is 266 g/mol. The van der Waals surface area contributed by atoms with Crippen LogP contribution in [0.25, 0.3) is 0 Å². The average molecular weight is 287 g/mol. The minimum absolute atomic E-state index is 0.0352. The lowest BCUT2D eigenvalue weighted by molar-refractivity contribution is 0.0571. The predicted molar refractivity (Wildman–Crippen MR) is 80.9 cm³/mol. The van der Waals surface area contributed by atoms with Crippen molar-refractivity contribution in [2.45, 2.75) is 32.3 Å². The fourth-order valence-electron chi connectivity index (χ4n) is 2.44. The van der Waals surface area contributed by atoms with E-state index in [9.17, 15) is 9.90 Å². The van der Waals surface area contributed by atoms with Crippen LogP contribution in [0, 0.1) is 18.8 Å². The molecule has 21 heavy (non-hydrogen) atoms. The number of rotatable bonds is 2. The van der Waals surface area contributed by atoms with Gasteiger partial charge in [-0.3, -0.25) is 4.79 Å². The van der Waals surface area contributed by atoms with Crippen molar-refractivity contribution in [2.24, 2.45) is 0 Å². The number of hydrogen-bond acceptors (Lipinski definition) is 3. The van der Waals surface area contributed by atoms with E-state index in [0.717, 1.165) is 11.1 Å². The molecule has 1 amide bonds. The first-order valence-corrected chi connectivity index (χ1v) is 7.15. The molecule has 1 unspecified atom stereocenters. The van der Waals surface area contributed by atoms with E-state index in [0.29, 0.717) is 31.5 Å². The standard InChI is InChI=1S/C17H21NO3/c1-13-6-7-14(5-3-4-10-19)11-15(13)16(20)18-9-8-17(2,21)12-18/h6-7,11,19,21H,4,8-10,12H2,1-2H3. The summed E-state index contributed by atoms with van der Waals surface area (Å²) in [5.41, 5.74) is 1.51. The van der Waals surface area contributed by atoms with Gasteiger partial charge in [0.25, 0.3) is 5.91 Å². The minimum atomic E-state index is -0.790. The summed E-state index contributed by atoms with van der Waals surface area (Å²) in [6.45, 7) is 4.63. The molecule has 2 rings (SSSR count). The Morgan fingerprint density at radius 2 is 2.24 bits per heavy atom. The maximum Gasteiger partial charge on any atom is 0.254 e. The third-order valence-electron chi connectivity index (χ3n) is 3.68. The highest BCUT2D eigenvalue weighted by atomic mass is 16.3. The first kappa shape index (κ1) is 15.6. The molecule has 0 saturated carbocycles. The monoisotopic (exact) mass is 287 g/mol. The number of carbonyl (C=O) groups excluding carboxylic acids is 1. The summed E-state index contributed by atoms with van der Waals surface area (Å²) >= 11 is 0. The number of benzene rings is 1. The molecule has 1 aromatic rings. The smallest absolute Gasteiger partial charge is 0.254 e. The number of aliphatic hydroxyl groups is 2. The average Bonchev–Trinajstić information content (AvgIpc) is 2.80. The molecule has 2 N–H and O–H groups in total. The van der Waals surface area contributed by atoms with Crippen molar-refractivity contribution in [2.75, 3.05) is 19.7 Å². The lowest BCUT2D eigenvalue weighted by Crippen LogP contribution is -2.34. The van der Waals surface area contributed by atoms with E-state index < -0.39 is 5.60 Å². The summed E-state index contributed by atoms with van der Waals surface area (Å²) in [7, 11) is 0. The van der Waals surface area contributed by atoms with Crippen LogP contribution in [0.15, 0.2) is 18.2 Å². The van der Waals surface area contributed by atoms with Gasteiger partial charge in [-0.2, -0.15) is 0 Å². The fraction of sp³-hybridized carbons (Fsp3) is 0.471. The molecule has 1 aliphatic heterocycles. The second kappa shape index (κ2) is 6.30. The van der Waals surface area contributed by atoms with E-state index in [1.54, 1.807) is 17.9 Å². The summed E-state index contributed by atoms with van der Waals surface area (Å²) in [6, 6.07) is 5.54. The minimum Gasteiger partial charge on any atom is -0.395 e. The van der Waals surface area contributed by atoms with Crippen LogP contribution in [0.5, 0.6) is 0 Å². The summed E-state index contributed by atoms with van der Waals surface area (Å²) in [5, 5.41) is 18.7. The second-order valence-electron chi connectivity index (χ2n) is 5.78. The number of amides is 1. The Balaban J connectivity index is 2.21. The third-order valence-corrected chi connectivity index (χ3v) is 3.68. The fourth-order valence-corrected chi connectivity index (χ4v) is 2.44. The Bertz CT molecular complexity index is 596. The SMILES string of the molecule is Cc1ccc(C#CCCO)cc1C(=O)N1CCC(C)(O)C1. The van der Waals surface area contributed by atoms with Crippen molar-refractivity contribution in [3.05, 3.63) is 34.9 Å². The summed E-state index contributed by atoms with van der Waals surface area (Å²) < 4.78 is 0. The molecule has 0 aromatic heterocycles. The number of hydrogen-bond donors (Lipinski definition) is 2. The van der Waals surface area contributed by atoms with Crippen molar-refractivity contribution < 1.29 is 15.0 Å². The van der Waals surface area contributed by atoms with Gasteiger partial charge >= 0.3 is 0 Å². The highest BCUT2D eigenvalue weighted by molar-refractivity contribution is 5.96. The molecule has 1 aromatic carbocycles. The highest BCUT2D eigenvalue weighted by Crippen LogP contribution is 2.23. The molecule has 1 heterocycles. The summed E-state index contributed by atoms with van der Waals surface area (Å²) in [6.07, 6.45) is 1.03. The Hall–Kier alpha value is -1.83. The molecule has 0 bridgehead atoms. The first-order valence-electron chi connectivity index (χ1n) is 7.15. The number of nitrogens with zero attached hydrogens (tertiary/aromatic N) is 1. The third kappa shape index (κ3) is 3.84. The summed E-state index contributed by atoms with van der Waals surface area (Å²) in [4.78, 5) is 14.3. The normalized spacial score (nSPS) is 21.0. The Labute approximate surface area is 125 Å². The van der Waals surface area contributed by atoms with E-state index in [1.165, 1.54) is 0 Å². The molecule has 4 heteroatoms. The van der Waals surface area contributed by atoms with Gasteiger partial charge in [-0.15, -0.1) is 0 Å². The molecule has 1 saturated heterocycles. The Morgan fingerprint density at radius 1 is 1.48 bits per heavy atom. The van der Waals surface area contributed by atoms with Gasteiger partial charge in [0.05, 0.1) is 12.2 Å². The van der Waals surface area contributed by atoms with Crippen molar-refractivity contribution >= 4 is 5.91 Å². The van der Waals surface area contributed by atoms with Gasteiger partial charge in [0.1, 0.15) is 0 Å². The molecule has 0 radical (unpaired) electrons. The van der Waals surface area contributed by atoms with E-state index in [1.807, 2.05) is 19.1 Å². The molecule has 1 atom stereocenters. The zero-order valence-electron chi connectivity index (χ0n) is 12.5. The second-order valence-corrected chi connectivity index (χ2v) is 5.78. The van der Waals surface area contributed by atoms with Gasteiger partial charge < -0.3 is 15.1 Å². The van der Waals surface area contributed by atoms with Crippen LogP contribution < -0.4 is 0 Å². The largest absolute Gasteiger partial charge is 0.395 e. The molecular formula is C17H21NO3. The first-order chi connectivity index (χ1) is 9.93. The molecule has 112 valence electrons. The number of aryl methyl sites for hydroxylation is 1. The maximum absolute atomic E-state index is 12.6. The number of β-amino-alcohol motifs (C(OH)–C–C–N with tert-alkyl or cyclic N) is 1. The maximum atomic E-state index is 12.6. The Morgan fingerprint density at radius 3 is 2.86 bits per heavy atom. The molecule has 0 spiro atoms. The summed E-state index contributed by atoms with van der Waals surface area (Å²) in [5.74, 6) is 5.74. The van der Waals surface area contributed by atoms with Crippen LogP contribution in [-0.2, 0) is 0 Å². The van der Waals surface area contributed by atoms with Gasteiger partial charge in [-0.1, -0.05) is 17.9 Å². The zero-order chi connectivity index (χ0) is 15.5. The quantitative estimate of drug-likeness (QED) is 0.807. The van der Waals surface area contributed by atoms with Crippen molar-refractivity contribution in [3.63, 3.8) is 0 Å². The Kier molecular flexibility index (Phi) is 4.66. The van der Waals surface area contributed by atoms with Crippen LogP contribution in [0.1, 0.15) is 41.3 Å². The molecule has 1 fully saturated rings. The van der Waals surface area contributed by atoms with Crippen LogP contribution in [0.3, 0.4) is 0 Å². The van der Waals surface area contributed by atoms with Gasteiger partial charge in [0.15, 0.2) is 0 Å².